The van der Waals surface area contributed by atoms with E-state index < -0.39 is 0 Å². The maximum Gasteiger partial charge on any atom is 0.219 e. The zero-order valence-electron chi connectivity index (χ0n) is 10.6. The van der Waals surface area contributed by atoms with E-state index >= 15 is 0 Å². The largest absolute Gasteiger partial charge is 0.372 e. The van der Waals surface area contributed by atoms with Gasteiger partial charge < -0.3 is 9.64 Å². The van der Waals surface area contributed by atoms with Crippen molar-refractivity contribution >= 4 is 21.8 Å². The summed E-state index contributed by atoms with van der Waals surface area (Å²) in [7, 11) is 0. The van der Waals surface area contributed by atoms with Crippen LogP contribution >= 0.6 is 15.9 Å². The third-order valence-electron chi connectivity index (χ3n) is 3.22. The van der Waals surface area contributed by atoms with Gasteiger partial charge >= 0.3 is 0 Å². The third-order valence-corrected chi connectivity index (χ3v) is 3.75. The number of hydrogen-bond donors (Lipinski definition) is 0. The smallest absolute Gasteiger partial charge is 0.219 e. The minimum Gasteiger partial charge on any atom is -0.372 e. The van der Waals surface area contributed by atoms with Crippen molar-refractivity contribution in [3.8, 4) is 0 Å². The molecule has 0 radical (unpaired) electrons. The van der Waals surface area contributed by atoms with Crippen molar-refractivity contribution in [3.63, 3.8) is 0 Å². The van der Waals surface area contributed by atoms with Crippen molar-refractivity contribution in [1.29, 1.82) is 0 Å². The van der Waals surface area contributed by atoms with Crippen molar-refractivity contribution in [3.05, 3.63) is 34.3 Å². The Kier molecular flexibility index (Phi) is 4.78. The number of nitrogens with zero attached hydrogens (tertiary/aromatic N) is 1. The Labute approximate surface area is 116 Å². The van der Waals surface area contributed by atoms with Crippen LogP contribution in [0.2, 0.25) is 0 Å². The van der Waals surface area contributed by atoms with E-state index in [1.54, 1.807) is 6.92 Å². The van der Waals surface area contributed by atoms with Crippen LogP contribution < -0.4 is 0 Å². The van der Waals surface area contributed by atoms with Crippen molar-refractivity contribution in [2.75, 3.05) is 13.1 Å². The summed E-state index contributed by atoms with van der Waals surface area (Å²) in [5.74, 6) is 0.145. The van der Waals surface area contributed by atoms with Crippen LogP contribution in [-0.4, -0.2) is 30.0 Å². The number of carbonyl (C=O) groups excluding carboxylic acids is 1. The molecule has 18 heavy (non-hydrogen) atoms. The Morgan fingerprint density at radius 2 is 2.17 bits per heavy atom. The first-order chi connectivity index (χ1) is 8.65. The molecule has 1 atom stereocenters. The van der Waals surface area contributed by atoms with E-state index in [9.17, 15) is 4.79 Å². The number of ether oxygens (including phenoxy) is 1. The fraction of sp³-hybridized carbons (Fsp3) is 0.500. The number of carbonyl (C=O) groups is 1. The van der Waals surface area contributed by atoms with Crippen LogP contribution in [0, 0.1) is 0 Å². The molecule has 1 saturated heterocycles. The standard InChI is InChI=1S/C14H18BrNO2/c1-11(17)16-8-2-3-14(9-16)18-10-12-4-6-13(15)7-5-12/h4-7,14H,2-3,8-10H2,1H3/t14-/m0/s1. The van der Waals surface area contributed by atoms with Crippen LogP contribution in [-0.2, 0) is 16.1 Å². The molecule has 0 N–H and O–H groups in total. The summed E-state index contributed by atoms with van der Waals surface area (Å²) in [6, 6.07) is 8.13. The van der Waals surface area contributed by atoms with Gasteiger partial charge in [0.25, 0.3) is 0 Å². The Bertz CT molecular complexity index is 405. The van der Waals surface area contributed by atoms with Gasteiger partial charge in [0.15, 0.2) is 0 Å². The van der Waals surface area contributed by atoms with Crippen LogP contribution in [0.5, 0.6) is 0 Å². The van der Waals surface area contributed by atoms with Crippen LogP contribution in [0.25, 0.3) is 0 Å². The predicted octanol–water partition coefficient (Wildman–Crippen LogP) is 2.98. The summed E-state index contributed by atoms with van der Waals surface area (Å²) < 4.78 is 6.96. The fourth-order valence-electron chi connectivity index (χ4n) is 2.15. The molecular weight excluding hydrogens is 294 g/mol. The predicted molar refractivity (Wildman–Crippen MR) is 74.2 cm³/mol. The van der Waals surface area contributed by atoms with Crippen molar-refractivity contribution < 1.29 is 9.53 Å². The first-order valence-electron chi connectivity index (χ1n) is 6.26. The van der Waals surface area contributed by atoms with E-state index in [4.69, 9.17) is 4.74 Å². The number of benzene rings is 1. The van der Waals surface area contributed by atoms with E-state index in [1.165, 1.54) is 0 Å². The number of piperidine rings is 1. The summed E-state index contributed by atoms with van der Waals surface area (Å²) >= 11 is 3.41. The first-order valence-corrected chi connectivity index (χ1v) is 7.06. The second-order valence-corrected chi connectivity index (χ2v) is 5.58. The molecule has 1 amide bonds. The Balaban J connectivity index is 1.82. The number of hydrogen-bond acceptors (Lipinski definition) is 2. The molecule has 0 unspecified atom stereocenters. The van der Waals surface area contributed by atoms with Gasteiger partial charge in [0.05, 0.1) is 12.7 Å². The van der Waals surface area contributed by atoms with E-state index in [-0.39, 0.29) is 12.0 Å². The molecule has 1 fully saturated rings. The van der Waals surface area contributed by atoms with Gasteiger partial charge in [0.1, 0.15) is 0 Å². The average Bonchev–Trinajstić information content (AvgIpc) is 2.38. The normalized spacial score (nSPS) is 19.9. The van der Waals surface area contributed by atoms with Gasteiger partial charge in [0, 0.05) is 24.5 Å². The molecule has 0 spiro atoms. The van der Waals surface area contributed by atoms with Crippen LogP contribution in [0.1, 0.15) is 25.3 Å². The maximum atomic E-state index is 11.3. The van der Waals surface area contributed by atoms with Gasteiger partial charge in [-0.25, -0.2) is 0 Å². The quantitative estimate of drug-likeness (QED) is 0.859. The van der Waals surface area contributed by atoms with E-state index in [0.717, 1.165) is 36.0 Å². The first kappa shape index (κ1) is 13.6. The highest BCUT2D eigenvalue weighted by molar-refractivity contribution is 9.10. The topological polar surface area (TPSA) is 29.5 Å². The lowest BCUT2D eigenvalue weighted by Crippen LogP contribution is -2.42. The molecule has 2 rings (SSSR count). The molecule has 0 aromatic heterocycles. The SMILES string of the molecule is CC(=O)N1CCC[C@H](OCc2ccc(Br)cc2)C1. The lowest BCUT2D eigenvalue weighted by molar-refractivity contribution is -0.133. The lowest BCUT2D eigenvalue weighted by atomic mass is 10.1. The highest BCUT2D eigenvalue weighted by Crippen LogP contribution is 2.16. The van der Waals surface area contributed by atoms with Gasteiger partial charge in [-0.1, -0.05) is 28.1 Å². The lowest BCUT2D eigenvalue weighted by Gasteiger charge is -2.32. The molecule has 1 aliphatic rings. The Morgan fingerprint density at radius 1 is 1.44 bits per heavy atom. The molecule has 1 aromatic carbocycles. The summed E-state index contributed by atoms with van der Waals surface area (Å²) in [5, 5.41) is 0. The number of rotatable bonds is 3. The molecule has 0 aliphatic carbocycles. The monoisotopic (exact) mass is 311 g/mol. The molecule has 0 saturated carbocycles. The maximum absolute atomic E-state index is 11.3. The average molecular weight is 312 g/mol. The van der Waals surface area contributed by atoms with Gasteiger partial charge in [0.2, 0.25) is 5.91 Å². The molecular formula is C14H18BrNO2. The second-order valence-electron chi connectivity index (χ2n) is 4.67. The molecule has 3 nitrogen and oxygen atoms in total. The Morgan fingerprint density at radius 3 is 2.83 bits per heavy atom. The second kappa shape index (κ2) is 6.34. The van der Waals surface area contributed by atoms with Crippen LogP contribution in [0.15, 0.2) is 28.7 Å². The van der Waals surface area contributed by atoms with E-state index in [2.05, 4.69) is 28.1 Å². The Hall–Kier alpha value is -0.870. The van der Waals surface area contributed by atoms with Crippen molar-refractivity contribution in [2.24, 2.45) is 0 Å². The summed E-state index contributed by atoms with van der Waals surface area (Å²) in [6.45, 7) is 3.83. The minimum atomic E-state index is 0.145. The number of halogens is 1. The summed E-state index contributed by atoms with van der Waals surface area (Å²) in [4.78, 5) is 13.2. The van der Waals surface area contributed by atoms with E-state index in [0.29, 0.717) is 6.61 Å². The van der Waals surface area contributed by atoms with E-state index in [1.807, 2.05) is 17.0 Å². The van der Waals surface area contributed by atoms with Gasteiger partial charge in [-0.05, 0) is 30.5 Å². The highest BCUT2D eigenvalue weighted by Gasteiger charge is 2.21. The zero-order chi connectivity index (χ0) is 13.0. The van der Waals surface area contributed by atoms with Crippen LogP contribution in [0.4, 0.5) is 0 Å². The van der Waals surface area contributed by atoms with Crippen molar-refractivity contribution in [2.45, 2.75) is 32.5 Å². The molecule has 1 heterocycles. The number of likely N-dealkylation sites (tertiary alicyclic amines) is 1. The molecule has 98 valence electrons. The molecule has 1 aliphatic heterocycles. The highest BCUT2D eigenvalue weighted by atomic mass is 79.9. The third kappa shape index (κ3) is 3.82. The van der Waals surface area contributed by atoms with Crippen LogP contribution in [0.3, 0.4) is 0 Å². The summed E-state index contributed by atoms with van der Waals surface area (Å²) in [6.07, 6.45) is 2.25. The fourth-order valence-corrected chi connectivity index (χ4v) is 2.42. The number of amides is 1. The van der Waals surface area contributed by atoms with Gasteiger partial charge in [-0.15, -0.1) is 0 Å². The zero-order valence-corrected chi connectivity index (χ0v) is 12.1. The van der Waals surface area contributed by atoms with Crippen molar-refractivity contribution in [1.82, 2.24) is 4.90 Å². The molecule has 4 heteroatoms. The van der Waals surface area contributed by atoms with Gasteiger partial charge in [-0.3, -0.25) is 4.79 Å². The molecule has 1 aromatic rings. The minimum absolute atomic E-state index is 0.145. The summed E-state index contributed by atoms with van der Waals surface area (Å²) in [5.41, 5.74) is 1.16. The van der Waals surface area contributed by atoms with Gasteiger partial charge in [-0.2, -0.15) is 0 Å². The molecule has 0 bridgehead atoms.